The fraction of sp³-hybridized carbons (Fsp3) is 0.500. The molecule has 0 fully saturated rings. The van der Waals surface area contributed by atoms with Crippen molar-refractivity contribution in [3.63, 3.8) is 0 Å². The zero-order chi connectivity index (χ0) is 14.4. The number of nitrogen functional groups attached to an aromatic ring is 1. The van der Waals surface area contributed by atoms with E-state index in [0.717, 1.165) is 19.3 Å². The topological polar surface area (TPSA) is 107 Å². The van der Waals surface area contributed by atoms with Gasteiger partial charge >= 0.3 is 0 Å². The molecule has 0 saturated heterocycles. The van der Waals surface area contributed by atoms with Crippen molar-refractivity contribution in [1.29, 1.82) is 0 Å². The first-order valence-electron chi connectivity index (χ1n) is 6.72. The molecule has 8 nitrogen and oxygen atoms in total. The van der Waals surface area contributed by atoms with E-state index >= 15 is 0 Å². The summed E-state index contributed by atoms with van der Waals surface area (Å²) in [6.45, 7) is 4.27. The van der Waals surface area contributed by atoms with Gasteiger partial charge in [-0.05, 0) is 19.4 Å². The molecule has 0 spiro atoms. The second-order valence-corrected chi connectivity index (χ2v) is 4.57. The van der Waals surface area contributed by atoms with E-state index in [9.17, 15) is 0 Å². The molecule has 2 aromatic rings. The van der Waals surface area contributed by atoms with Crippen LogP contribution in [0.3, 0.4) is 0 Å². The minimum atomic E-state index is 0.286. The normalized spacial score (nSPS) is 12.2. The molecule has 2 heterocycles. The summed E-state index contributed by atoms with van der Waals surface area (Å²) in [5.74, 6) is 6.60. The van der Waals surface area contributed by atoms with Gasteiger partial charge in [0.25, 0.3) is 5.95 Å². The van der Waals surface area contributed by atoms with Crippen molar-refractivity contribution in [1.82, 2.24) is 24.7 Å². The van der Waals surface area contributed by atoms with Crippen LogP contribution < -0.4 is 16.6 Å². The summed E-state index contributed by atoms with van der Waals surface area (Å²) in [5, 5.41) is 7.35. The number of rotatable bonds is 7. The fourth-order valence-corrected chi connectivity index (χ4v) is 1.79. The summed E-state index contributed by atoms with van der Waals surface area (Å²) < 4.78 is 1.56. The predicted octanol–water partition coefficient (Wildman–Crippen LogP) is 1.33. The molecule has 0 amide bonds. The van der Waals surface area contributed by atoms with Gasteiger partial charge in [-0.3, -0.25) is 5.43 Å². The highest BCUT2D eigenvalue weighted by molar-refractivity contribution is 5.37. The third kappa shape index (κ3) is 3.64. The second kappa shape index (κ2) is 6.80. The number of hydrazine groups is 1. The zero-order valence-electron chi connectivity index (χ0n) is 11.7. The Kier molecular flexibility index (Phi) is 4.83. The third-order valence-corrected chi connectivity index (χ3v) is 2.83. The Balaban J connectivity index is 2.18. The molecule has 1 unspecified atom stereocenters. The van der Waals surface area contributed by atoms with E-state index in [1.807, 2.05) is 0 Å². The van der Waals surface area contributed by atoms with Crippen LogP contribution in [0, 0.1) is 0 Å². The van der Waals surface area contributed by atoms with Gasteiger partial charge in [-0.25, -0.2) is 10.5 Å². The highest BCUT2D eigenvalue weighted by Crippen LogP contribution is 2.11. The highest BCUT2D eigenvalue weighted by Gasteiger charge is 2.10. The van der Waals surface area contributed by atoms with Crippen molar-refractivity contribution in [2.24, 2.45) is 5.84 Å². The quantitative estimate of drug-likeness (QED) is 0.517. The van der Waals surface area contributed by atoms with E-state index in [0.29, 0.717) is 17.8 Å². The van der Waals surface area contributed by atoms with Crippen molar-refractivity contribution < 1.29 is 0 Å². The van der Waals surface area contributed by atoms with Gasteiger partial charge in [0.05, 0.1) is 0 Å². The molecule has 0 radical (unpaired) electrons. The SMILES string of the molecule is CCCCC(C)Nc1nc(NN)nc(-n2cccn2)n1. The van der Waals surface area contributed by atoms with Crippen LogP contribution in [0.15, 0.2) is 18.5 Å². The lowest BCUT2D eigenvalue weighted by molar-refractivity contribution is 0.639. The smallest absolute Gasteiger partial charge is 0.257 e. The summed E-state index contributed by atoms with van der Waals surface area (Å²) in [5.41, 5.74) is 2.44. The lowest BCUT2D eigenvalue weighted by Crippen LogP contribution is -2.20. The number of nitrogens with one attached hydrogen (secondary N) is 2. The zero-order valence-corrected chi connectivity index (χ0v) is 11.7. The molecule has 2 aromatic heterocycles. The van der Waals surface area contributed by atoms with Crippen molar-refractivity contribution in [3.8, 4) is 5.95 Å². The first-order valence-corrected chi connectivity index (χ1v) is 6.72. The molecule has 0 aliphatic rings. The van der Waals surface area contributed by atoms with Gasteiger partial charge < -0.3 is 5.32 Å². The maximum atomic E-state index is 5.39. The maximum Gasteiger partial charge on any atom is 0.257 e. The van der Waals surface area contributed by atoms with Crippen LogP contribution in [0.25, 0.3) is 5.95 Å². The van der Waals surface area contributed by atoms with E-state index in [1.165, 1.54) is 0 Å². The first-order chi connectivity index (χ1) is 9.72. The Bertz CT molecular complexity index is 524. The second-order valence-electron chi connectivity index (χ2n) is 4.57. The molecule has 0 saturated carbocycles. The van der Waals surface area contributed by atoms with Gasteiger partial charge in [0.15, 0.2) is 0 Å². The molecule has 0 aromatic carbocycles. The number of anilines is 2. The standard InChI is InChI=1S/C12H20N8/c1-3-4-6-9(2)15-10-16-11(19-13)18-12(17-10)20-8-5-7-14-20/h5,7-9H,3-4,6,13H2,1-2H3,(H2,15,16,17,18,19). The average molecular weight is 276 g/mol. The van der Waals surface area contributed by atoms with E-state index in [-0.39, 0.29) is 6.04 Å². The van der Waals surface area contributed by atoms with Crippen LogP contribution in [-0.2, 0) is 0 Å². The van der Waals surface area contributed by atoms with Gasteiger partial charge in [0, 0.05) is 18.4 Å². The molecular weight excluding hydrogens is 256 g/mol. The molecule has 1 atom stereocenters. The molecule has 0 aliphatic heterocycles. The molecule has 4 N–H and O–H groups in total. The molecule has 2 rings (SSSR count). The Morgan fingerprint density at radius 1 is 1.30 bits per heavy atom. The van der Waals surface area contributed by atoms with E-state index in [2.05, 4.69) is 44.6 Å². The molecule has 8 heteroatoms. The van der Waals surface area contributed by atoms with Crippen LogP contribution in [0.4, 0.5) is 11.9 Å². The van der Waals surface area contributed by atoms with E-state index in [1.54, 1.807) is 23.1 Å². The molecule has 0 aliphatic carbocycles. The molecular formula is C12H20N8. The number of hydrogen-bond acceptors (Lipinski definition) is 7. The number of unbranched alkanes of at least 4 members (excludes halogenated alkanes) is 1. The highest BCUT2D eigenvalue weighted by atomic mass is 15.4. The number of aromatic nitrogens is 5. The molecule has 20 heavy (non-hydrogen) atoms. The van der Waals surface area contributed by atoms with Crippen molar-refractivity contribution >= 4 is 11.9 Å². The Hall–Kier alpha value is -2.22. The summed E-state index contributed by atoms with van der Waals surface area (Å²) in [6, 6.07) is 2.09. The van der Waals surface area contributed by atoms with Crippen molar-refractivity contribution in [2.75, 3.05) is 10.7 Å². The largest absolute Gasteiger partial charge is 0.352 e. The monoisotopic (exact) mass is 276 g/mol. The number of nitrogens with zero attached hydrogens (tertiary/aromatic N) is 5. The van der Waals surface area contributed by atoms with E-state index < -0.39 is 0 Å². The first kappa shape index (κ1) is 14.2. The van der Waals surface area contributed by atoms with Gasteiger partial charge in [-0.1, -0.05) is 19.8 Å². The number of hydrogen-bond donors (Lipinski definition) is 3. The summed E-state index contributed by atoms with van der Waals surface area (Å²) in [7, 11) is 0. The lowest BCUT2D eigenvalue weighted by Gasteiger charge is -2.14. The Labute approximate surface area is 117 Å². The van der Waals surface area contributed by atoms with Gasteiger partial charge in [0.2, 0.25) is 11.9 Å². The summed E-state index contributed by atoms with van der Waals surface area (Å²) in [4.78, 5) is 12.7. The van der Waals surface area contributed by atoms with Crippen molar-refractivity contribution in [3.05, 3.63) is 18.5 Å². The van der Waals surface area contributed by atoms with Crippen molar-refractivity contribution in [2.45, 2.75) is 39.2 Å². The van der Waals surface area contributed by atoms with Gasteiger partial charge in [-0.15, -0.1) is 0 Å². The molecule has 108 valence electrons. The fourth-order valence-electron chi connectivity index (χ4n) is 1.79. The predicted molar refractivity (Wildman–Crippen MR) is 77.4 cm³/mol. The van der Waals surface area contributed by atoms with Crippen LogP contribution in [-0.4, -0.2) is 30.8 Å². The van der Waals surface area contributed by atoms with E-state index in [4.69, 9.17) is 5.84 Å². The lowest BCUT2D eigenvalue weighted by atomic mass is 10.1. The minimum absolute atomic E-state index is 0.286. The Morgan fingerprint density at radius 3 is 2.75 bits per heavy atom. The summed E-state index contributed by atoms with van der Waals surface area (Å²) in [6.07, 6.45) is 6.81. The minimum Gasteiger partial charge on any atom is -0.352 e. The van der Waals surface area contributed by atoms with Gasteiger partial charge in [-0.2, -0.15) is 20.1 Å². The Morgan fingerprint density at radius 2 is 2.10 bits per heavy atom. The van der Waals surface area contributed by atoms with Crippen LogP contribution in [0.5, 0.6) is 0 Å². The third-order valence-electron chi connectivity index (χ3n) is 2.83. The maximum absolute atomic E-state index is 5.39. The van der Waals surface area contributed by atoms with Crippen LogP contribution in [0.1, 0.15) is 33.1 Å². The van der Waals surface area contributed by atoms with Crippen LogP contribution >= 0.6 is 0 Å². The summed E-state index contributed by atoms with van der Waals surface area (Å²) >= 11 is 0. The van der Waals surface area contributed by atoms with Gasteiger partial charge in [0.1, 0.15) is 0 Å². The molecule has 0 bridgehead atoms. The number of nitrogens with two attached hydrogens (primary N) is 1. The average Bonchev–Trinajstić information content (AvgIpc) is 2.99. The van der Waals surface area contributed by atoms with Crippen LogP contribution in [0.2, 0.25) is 0 Å².